The molecule has 6 heterocycles. The minimum atomic E-state index is -0.472. The van der Waals surface area contributed by atoms with Crippen molar-refractivity contribution in [2.75, 3.05) is 6.54 Å². The van der Waals surface area contributed by atoms with Crippen LogP contribution >= 0.6 is 11.3 Å². The normalized spacial score (nSPS) is 11.6. The smallest absolute Gasteiger partial charge is 0.161 e. The minimum Gasteiger partial charge on any atom is -0.335 e. The Bertz CT molecular complexity index is 1620. The lowest BCUT2D eigenvalue weighted by Gasteiger charge is -2.07. The molecule has 0 aliphatic heterocycles. The van der Waals surface area contributed by atoms with Crippen LogP contribution in [0.5, 0.6) is 0 Å². The molecular formula is C24H19FN8S. The van der Waals surface area contributed by atoms with Crippen LogP contribution in [0.25, 0.3) is 55.2 Å². The summed E-state index contributed by atoms with van der Waals surface area (Å²) in [5.41, 5.74) is 5.10. The molecule has 0 bridgehead atoms. The van der Waals surface area contributed by atoms with Crippen molar-refractivity contribution in [1.29, 1.82) is 0 Å². The SMILES string of the molecule is CCNCc1cncc(-c2ncc3[nH]nc(-c4nc5c(-c6cccs6)cncc5[nH]4)c3c2F)c1. The molecule has 0 unspecified atom stereocenters. The molecule has 0 spiro atoms. The second-order valence-corrected chi connectivity index (χ2v) is 8.74. The molecule has 0 aliphatic rings. The minimum absolute atomic E-state index is 0.220. The number of imidazole rings is 1. The highest BCUT2D eigenvalue weighted by Gasteiger charge is 2.21. The van der Waals surface area contributed by atoms with Crippen LogP contribution in [0.1, 0.15) is 12.5 Å². The van der Waals surface area contributed by atoms with Gasteiger partial charge in [0.1, 0.15) is 16.9 Å². The first-order valence-corrected chi connectivity index (χ1v) is 11.7. The van der Waals surface area contributed by atoms with E-state index >= 15 is 4.39 Å². The molecule has 6 rings (SSSR count). The van der Waals surface area contributed by atoms with E-state index in [1.165, 1.54) is 0 Å². The fourth-order valence-corrected chi connectivity index (χ4v) is 4.73. The second-order valence-electron chi connectivity index (χ2n) is 7.79. The van der Waals surface area contributed by atoms with Gasteiger partial charge in [-0.3, -0.25) is 20.1 Å². The van der Waals surface area contributed by atoms with E-state index < -0.39 is 5.82 Å². The lowest BCUT2D eigenvalue weighted by atomic mass is 10.1. The Morgan fingerprint density at radius 1 is 1.06 bits per heavy atom. The third-order valence-electron chi connectivity index (χ3n) is 5.60. The molecule has 0 aliphatic carbocycles. The molecule has 0 radical (unpaired) electrons. The molecule has 10 heteroatoms. The van der Waals surface area contributed by atoms with Crippen molar-refractivity contribution in [2.24, 2.45) is 0 Å². The van der Waals surface area contributed by atoms with Crippen molar-refractivity contribution >= 4 is 33.3 Å². The van der Waals surface area contributed by atoms with Crippen molar-refractivity contribution in [2.45, 2.75) is 13.5 Å². The predicted molar refractivity (Wildman–Crippen MR) is 131 cm³/mol. The summed E-state index contributed by atoms with van der Waals surface area (Å²) in [5.74, 6) is -0.0113. The summed E-state index contributed by atoms with van der Waals surface area (Å²) in [5, 5.41) is 12.8. The molecule has 8 nitrogen and oxygen atoms in total. The van der Waals surface area contributed by atoms with Gasteiger partial charge in [0.25, 0.3) is 0 Å². The van der Waals surface area contributed by atoms with Gasteiger partial charge in [-0.1, -0.05) is 13.0 Å². The van der Waals surface area contributed by atoms with Crippen LogP contribution in [-0.4, -0.2) is 41.7 Å². The lowest BCUT2D eigenvalue weighted by Crippen LogP contribution is -2.11. The maximum Gasteiger partial charge on any atom is 0.161 e. The van der Waals surface area contributed by atoms with Gasteiger partial charge in [-0.2, -0.15) is 5.10 Å². The van der Waals surface area contributed by atoms with Crippen molar-refractivity contribution < 1.29 is 4.39 Å². The molecule has 0 saturated carbocycles. The van der Waals surface area contributed by atoms with Crippen LogP contribution in [0.3, 0.4) is 0 Å². The topological polar surface area (TPSA) is 108 Å². The molecule has 6 aromatic rings. The highest BCUT2D eigenvalue weighted by molar-refractivity contribution is 7.13. The summed E-state index contributed by atoms with van der Waals surface area (Å²) >= 11 is 1.61. The highest BCUT2D eigenvalue weighted by atomic mass is 32.1. The van der Waals surface area contributed by atoms with Gasteiger partial charge in [0.15, 0.2) is 11.6 Å². The largest absolute Gasteiger partial charge is 0.335 e. The number of aromatic nitrogens is 7. The van der Waals surface area contributed by atoms with Gasteiger partial charge in [0.05, 0.1) is 28.8 Å². The van der Waals surface area contributed by atoms with E-state index in [2.05, 4.69) is 35.5 Å². The fraction of sp³-hybridized carbons (Fsp3) is 0.125. The van der Waals surface area contributed by atoms with Crippen LogP contribution in [0, 0.1) is 5.82 Å². The van der Waals surface area contributed by atoms with E-state index in [4.69, 9.17) is 4.98 Å². The Balaban J connectivity index is 1.48. The maximum atomic E-state index is 15.9. The Morgan fingerprint density at radius 3 is 2.82 bits per heavy atom. The second kappa shape index (κ2) is 8.40. The number of hydrogen-bond acceptors (Lipinski definition) is 7. The number of nitrogens with zero attached hydrogens (tertiary/aromatic N) is 5. The van der Waals surface area contributed by atoms with Gasteiger partial charge in [-0.25, -0.2) is 9.37 Å². The monoisotopic (exact) mass is 470 g/mol. The van der Waals surface area contributed by atoms with Crippen molar-refractivity contribution in [3.8, 4) is 33.2 Å². The van der Waals surface area contributed by atoms with Crippen LogP contribution in [0.4, 0.5) is 4.39 Å². The average Bonchev–Trinajstić information content (AvgIpc) is 3.62. The van der Waals surface area contributed by atoms with E-state index in [9.17, 15) is 0 Å². The summed E-state index contributed by atoms with van der Waals surface area (Å²) in [4.78, 5) is 22.0. The third-order valence-corrected chi connectivity index (χ3v) is 6.50. The maximum absolute atomic E-state index is 15.9. The summed E-state index contributed by atoms with van der Waals surface area (Å²) in [7, 11) is 0. The molecule has 168 valence electrons. The Labute approximate surface area is 197 Å². The zero-order valence-corrected chi connectivity index (χ0v) is 18.9. The van der Waals surface area contributed by atoms with Gasteiger partial charge in [0.2, 0.25) is 0 Å². The van der Waals surface area contributed by atoms with Crippen LogP contribution in [0.2, 0.25) is 0 Å². The first-order valence-electron chi connectivity index (χ1n) is 10.8. The van der Waals surface area contributed by atoms with Gasteiger partial charge < -0.3 is 10.3 Å². The number of thiophene rings is 1. The summed E-state index contributed by atoms with van der Waals surface area (Å²) < 4.78 is 15.9. The molecule has 0 atom stereocenters. The first-order chi connectivity index (χ1) is 16.7. The molecule has 0 saturated heterocycles. The lowest BCUT2D eigenvalue weighted by molar-refractivity contribution is 0.638. The van der Waals surface area contributed by atoms with E-state index in [-0.39, 0.29) is 5.69 Å². The number of fused-ring (bicyclic) bond motifs is 2. The fourth-order valence-electron chi connectivity index (χ4n) is 3.99. The van der Waals surface area contributed by atoms with E-state index in [1.54, 1.807) is 42.3 Å². The summed E-state index contributed by atoms with van der Waals surface area (Å²) in [6, 6.07) is 5.90. The number of halogens is 1. The third kappa shape index (κ3) is 3.44. The number of rotatable bonds is 6. The average molecular weight is 471 g/mol. The Morgan fingerprint density at radius 2 is 1.97 bits per heavy atom. The van der Waals surface area contributed by atoms with Gasteiger partial charge in [-0.05, 0) is 29.6 Å². The van der Waals surface area contributed by atoms with Crippen molar-refractivity contribution in [3.05, 3.63) is 65.9 Å². The van der Waals surface area contributed by atoms with E-state index in [0.29, 0.717) is 34.5 Å². The van der Waals surface area contributed by atoms with Gasteiger partial charge in [0, 0.05) is 41.1 Å². The van der Waals surface area contributed by atoms with Crippen LogP contribution < -0.4 is 5.32 Å². The number of hydrogen-bond donors (Lipinski definition) is 3. The van der Waals surface area contributed by atoms with Crippen molar-refractivity contribution in [1.82, 2.24) is 40.4 Å². The first kappa shape index (κ1) is 20.6. The van der Waals surface area contributed by atoms with Gasteiger partial charge >= 0.3 is 0 Å². The number of nitrogens with one attached hydrogen (secondary N) is 3. The van der Waals surface area contributed by atoms with Gasteiger partial charge in [-0.15, -0.1) is 11.3 Å². The molecule has 0 fully saturated rings. The van der Waals surface area contributed by atoms with Crippen molar-refractivity contribution in [3.63, 3.8) is 0 Å². The standard InChI is InChI=1S/C24H19FN8S/c1-2-26-7-13-6-14(9-27-8-13)21-20(25)19-16(12-29-21)32-33-23(19)24-30-17-11-28-10-15(22(17)31-24)18-4-3-5-34-18/h3-6,8-12,26H,2,7H2,1H3,(H,30,31)(H,32,33). The van der Waals surface area contributed by atoms with Crippen LogP contribution in [0.15, 0.2) is 54.6 Å². The van der Waals surface area contributed by atoms with E-state index in [0.717, 1.165) is 33.6 Å². The Kier molecular flexibility index (Phi) is 5.08. The molecule has 3 N–H and O–H groups in total. The molecule has 0 amide bonds. The predicted octanol–water partition coefficient (Wildman–Crippen LogP) is 4.94. The molecular weight excluding hydrogens is 451 g/mol. The molecule has 6 aromatic heterocycles. The highest BCUT2D eigenvalue weighted by Crippen LogP contribution is 2.35. The summed E-state index contributed by atoms with van der Waals surface area (Å²) in [6.07, 6.45) is 8.47. The van der Waals surface area contributed by atoms with Crippen LogP contribution in [-0.2, 0) is 6.54 Å². The van der Waals surface area contributed by atoms with E-state index in [1.807, 2.05) is 30.5 Å². The molecule has 0 aromatic carbocycles. The summed E-state index contributed by atoms with van der Waals surface area (Å²) in [6.45, 7) is 3.52. The Hall–Kier alpha value is -4.02. The number of pyridine rings is 3. The number of H-pyrrole nitrogens is 2. The zero-order chi connectivity index (χ0) is 23.1. The zero-order valence-electron chi connectivity index (χ0n) is 18.1. The quantitative estimate of drug-likeness (QED) is 0.318. The number of aromatic amines is 2. The molecule has 34 heavy (non-hydrogen) atoms.